The van der Waals surface area contributed by atoms with Crippen LogP contribution in [0.5, 0.6) is 0 Å². The number of benzene rings is 1. The average Bonchev–Trinajstić information content (AvgIpc) is 3.21. The normalized spacial score (nSPS) is 19.2. The van der Waals surface area contributed by atoms with Gasteiger partial charge in [0.2, 0.25) is 10.0 Å². The van der Waals surface area contributed by atoms with Gasteiger partial charge >= 0.3 is 5.97 Å². The molecule has 35 heavy (non-hydrogen) atoms. The molecule has 2 aliphatic rings. The lowest BCUT2D eigenvalue weighted by Gasteiger charge is -2.30. The average molecular weight is 520 g/mol. The van der Waals surface area contributed by atoms with Crippen LogP contribution < -0.4 is 5.32 Å². The van der Waals surface area contributed by atoms with Crippen molar-refractivity contribution in [2.75, 3.05) is 38.1 Å². The second-order valence-corrected chi connectivity index (χ2v) is 12.2. The van der Waals surface area contributed by atoms with Gasteiger partial charge in [0.1, 0.15) is 5.00 Å². The molecule has 2 aromatic rings. The standard InChI is InChI=1S/C25H33N3O5S2/c1-4-27-14-12-20-21(16-27)34-24(22(20)25(30)33-5-2)26-23(29)18-8-10-19(11-9-18)35(31,32)28-13-6-7-17(3)15-28/h8-11,17H,4-7,12-16H2,1-3H3,(H,26,29)/t17-/m1/s1. The molecule has 4 rings (SSSR count). The van der Waals surface area contributed by atoms with Crippen molar-refractivity contribution in [2.24, 2.45) is 5.92 Å². The van der Waals surface area contributed by atoms with Crippen molar-refractivity contribution in [3.8, 4) is 0 Å². The molecule has 1 N–H and O–H groups in total. The Labute approximate surface area is 211 Å². The fourth-order valence-electron chi connectivity index (χ4n) is 4.70. The van der Waals surface area contributed by atoms with Crippen LogP contribution in [-0.4, -0.2) is 62.3 Å². The van der Waals surface area contributed by atoms with E-state index in [-0.39, 0.29) is 11.5 Å². The molecule has 1 atom stereocenters. The predicted octanol–water partition coefficient (Wildman–Crippen LogP) is 3.98. The number of hydrogen-bond donors (Lipinski definition) is 1. The van der Waals surface area contributed by atoms with Crippen molar-refractivity contribution in [1.29, 1.82) is 0 Å². The largest absolute Gasteiger partial charge is 0.462 e. The van der Waals surface area contributed by atoms with Gasteiger partial charge in [0.15, 0.2) is 0 Å². The molecular formula is C25H33N3O5S2. The SMILES string of the molecule is CCOC(=O)c1c(NC(=O)c2ccc(S(=O)(=O)N3CCC[C@@H](C)C3)cc2)sc2c1CCN(CC)C2. The van der Waals surface area contributed by atoms with Crippen LogP contribution in [0.1, 0.15) is 64.8 Å². The van der Waals surface area contributed by atoms with Gasteiger partial charge in [-0.3, -0.25) is 9.69 Å². The Hall–Kier alpha value is -2.27. The molecule has 0 unspecified atom stereocenters. The Morgan fingerprint density at radius 1 is 1.17 bits per heavy atom. The monoisotopic (exact) mass is 519 g/mol. The molecule has 3 heterocycles. The number of piperidine rings is 1. The summed E-state index contributed by atoms with van der Waals surface area (Å²) < 4.78 is 32.9. The third-order valence-electron chi connectivity index (χ3n) is 6.66. The smallest absolute Gasteiger partial charge is 0.341 e. The third kappa shape index (κ3) is 5.45. The number of carbonyl (C=O) groups is 2. The summed E-state index contributed by atoms with van der Waals surface area (Å²) >= 11 is 1.41. The number of hydrogen-bond acceptors (Lipinski definition) is 7. The van der Waals surface area contributed by atoms with Crippen LogP contribution in [0.15, 0.2) is 29.2 Å². The van der Waals surface area contributed by atoms with E-state index in [0.717, 1.165) is 49.3 Å². The zero-order valence-corrected chi connectivity index (χ0v) is 22.1. The number of amides is 1. The maximum atomic E-state index is 13.1. The molecule has 8 nitrogen and oxygen atoms in total. The topological polar surface area (TPSA) is 96.0 Å². The van der Waals surface area contributed by atoms with Crippen LogP contribution in [0.4, 0.5) is 5.00 Å². The number of sulfonamides is 1. The molecule has 1 saturated heterocycles. The fraction of sp³-hybridized carbons (Fsp3) is 0.520. The molecule has 0 radical (unpaired) electrons. The van der Waals surface area contributed by atoms with Crippen molar-refractivity contribution in [3.05, 3.63) is 45.8 Å². The Balaban J connectivity index is 1.55. The van der Waals surface area contributed by atoms with Crippen LogP contribution in [0.25, 0.3) is 0 Å². The Morgan fingerprint density at radius 2 is 1.91 bits per heavy atom. The van der Waals surface area contributed by atoms with Crippen LogP contribution in [-0.2, 0) is 27.7 Å². The number of anilines is 1. The Bertz CT molecular complexity index is 1190. The second kappa shape index (κ2) is 10.8. The second-order valence-electron chi connectivity index (χ2n) is 9.14. The summed E-state index contributed by atoms with van der Waals surface area (Å²) in [7, 11) is -3.59. The van der Waals surface area contributed by atoms with E-state index in [2.05, 4.69) is 24.1 Å². The highest BCUT2D eigenvalue weighted by Gasteiger charge is 2.30. The molecular weight excluding hydrogens is 486 g/mol. The van der Waals surface area contributed by atoms with E-state index in [1.807, 2.05) is 0 Å². The number of thiophene rings is 1. The zero-order valence-electron chi connectivity index (χ0n) is 20.5. The molecule has 1 aromatic carbocycles. The van der Waals surface area contributed by atoms with Gasteiger partial charge in [0.05, 0.1) is 17.1 Å². The van der Waals surface area contributed by atoms with Gasteiger partial charge in [-0.05, 0) is 68.5 Å². The summed E-state index contributed by atoms with van der Waals surface area (Å²) in [4.78, 5) is 29.3. The van der Waals surface area contributed by atoms with Gasteiger partial charge in [-0.15, -0.1) is 11.3 Å². The molecule has 190 valence electrons. The number of nitrogens with zero attached hydrogens (tertiary/aromatic N) is 2. The summed E-state index contributed by atoms with van der Waals surface area (Å²) in [6, 6.07) is 6.00. The number of rotatable bonds is 7. The predicted molar refractivity (Wildman–Crippen MR) is 136 cm³/mol. The van der Waals surface area contributed by atoms with Crippen LogP contribution >= 0.6 is 11.3 Å². The maximum absolute atomic E-state index is 13.1. The third-order valence-corrected chi connectivity index (χ3v) is 9.68. The summed E-state index contributed by atoms with van der Waals surface area (Å²) in [6.07, 6.45) is 2.61. The Morgan fingerprint density at radius 3 is 2.57 bits per heavy atom. The summed E-state index contributed by atoms with van der Waals surface area (Å²) in [6.45, 7) is 9.71. The first-order valence-electron chi connectivity index (χ1n) is 12.2. The number of nitrogens with one attached hydrogen (secondary N) is 1. The molecule has 1 amide bonds. The van der Waals surface area contributed by atoms with E-state index in [1.165, 1.54) is 39.9 Å². The van der Waals surface area contributed by atoms with E-state index < -0.39 is 21.9 Å². The molecule has 2 aliphatic heterocycles. The van der Waals surface area contributed by atoms with Crippen LogP contribution in [0, 0.1) is 5.92 Å². The minimum atomic E-state index is -3.59. The van der Waals surface area contributed by atoms with Gasteiger partial charge in [-0.1, -0.05) is 13.8 Å². The van der Waals surface area contributed by atoms with Gasteiger partial charge in [0, 0.05) is 36.6 Å². The number of fused-ring (bicyclic) bond motifs is 1. The number of ether oxygens (including phenoxy) is 1. The minimum Gasteiger partial charge on any atom is -0.462 e. The molecule has 10 heteroatoms. The lowest BCUT2D eigenvalue weighted by atomic mass is 10.0. The highest BCUT2D eigenvalue weighted by atomic mass is 32.2. The first kappa shape index (κ1) is 25.8. The van der Waals surface area contributed by atoms with E-state index >= 15 is 0 Å². The number of carbonyl (C=O) groups excluding carboxylic acids is 2. The van der Waals surface area contributed by atoms with Crippen LogP contribution in [0.3, 0.4) is 0 Å². The number of likely N-dealkylation sites (N-methyl/N-ethyl adjacent to an activating group) is 1. The summed E-state index contributed by atoms with van der Waals surface area (Å²) in [5.74, 6) is -0.488. The lowest BCUT2D eigenvalue weighted by Crippen LogP contribution is -2.39. The molecule has 0 saturated carbocycles. The first-order valence-corrected chi connectivity index (χ1v) is 14.5. The quantitative estimate of drug-likeness (QED) is 0.556. The highest BCUT2D eigenvalue weighted by Crippen LogP contribution is 2.38. The van der Waals surface area contributed by atoms with E-state index in [0.29, 0.717) is 35.1 Å². The molecule has 1 aromatic heterocycles. The summed E-state index contributed by atoms with van der Waals surface area (Å²) in [5, 5.41) is 3.37. The van der Waals surface area contributed by atoms with Crippen molar-refractivity contribution < 1.29 is 22.7 Å². The zero-order chi connectivity index (χ0) is 25.2. The van der Waals surface area contributed by atoms with E-state index in [1.54, 1.807) is 6.92 Å². The molecule has 0 aliphatic carbocycles. The highest BCUT2D eigenvalue weighted by molar-refractivity contribution is 7.89. The van der Waals surface area contributed by atoms with E-state index in [9.17, 15) is 18.0 Å². The maximum Gasteiger partial charge on any atom is 0.341 e. The van der Waals surface area contributed by atoms with Gasteiger partial charge < -0.3 is 10.1 Å². The molecule has 0 spiro atoms. The van der Waals surface area contributed by atoms with Gasteiger partial charge in [-0.25, -0.2) is 13.2 Å². The van der Waals surface area contributed by atoms with Gasteiger partial charge in [-0.2, -0.15) is 4.31 Å². The van der Waals surface area contributed by atoms with Crippen molar-refractivity contribution in [3.63, 3.8) is 0 Å². The van der Waals surface area contributed by atoms with Gasteiger partial charge in [0.25, 0.3) is 5.91 Å². The van der Waals surface area contributed by atoms with Crippen molar-refractivity contribution >= 4 is 38.2 Å². The summed E-state index contributed by atoms with van der Waals surface area (Å²) in [5.41, 5.74) is 1.72. The fourth-order valence-corrected chi connectivity index (χ4v) is 7.57. The van der Waals surface area contributed by atoms with Crippen LogP contribution in [0.2, 0.25) is 0 Å². The van der Waals surface area contributed by atoms with Crippen molar-refractivity contribution in [1.82, 2.24) is 9.21 Å². The molecule has 0 bridgehead atoms. The molecule has 1 fully saturated rings. The van der Waals surface area contributed by atoms with E-state index in [4.69, 9.17) is 4.74 Å². The van der Waals surface area contributed by atoms with Crippen molar-refractivity contribution in [2.45, 2.75) is 51.5 Å². The lowest BCUT2D eigenvalue weighted by molar-refractivity contribution is 0.0526. The first-order chi connectivity index (χ1) is 16.7. The number of esters is 1. The Kier molecular flexibility index (Phi) is 7.95. The minimum absolute atomic E-state index is 0.182.